The van der Waals surface area contributed by atoms with E-state index in [1.165, 1.54) is 12.8 Å². The fourth-order valence-corrected chi connectivity index (χ4v) is 3.28. The lowest BCUT2D eigenvalue weighted by atomic mass is 9.99. The Labute approximate surface area is 116 Å². The SMILES string of the molecule is Cl.O=c1c2ccsc2ccn1CC1CCCNC1. The fraction of sp³-hybridized carbons (Fsp3) is 0.462. The van der Waals surface area contributed by atoms with Crippen LogP contribution in [0.25, 0.3) is 10.1 Å². The van der Waals surface area contributed by atoms with Crippen LogP contribution in [0.3, 0.4) is 0 Å². The maximum absolute atomic E-state index is 12.2. The summed E-state index contributed by atoms with van der Waals surface area (Å²) in [6, 6.07) is 3.98. The summed E-state index contributed by atoms with van der Waals surface area (Å²) in [5, 5.41) is 6.24. The predicted molar refractivity (Wildman–Crippen MR) is 78.9 cm³/mol. The summed E-state index contributed by atoms with van der Waals surface area (Å²) in [5.74, 6) is 0.595. The number of hydrogen-bond acceptors (Lipinski definition) is 3. The van der Waals surface area contributed by atoms with Crippen LogP contribution in [-0.2, 0) is 6.54 Å². The maximum Gasteiger partial charge on any atom is 0.259 e. The van der Waals surface area contributed by atoms with Gasteiger partial charge in [-0.2, -0.15) is 0 Å². The van der Waals surface area contributed by atoms with Crippen LogP contribution in [0.5, 0.6) is 0 Å². The summed E-state index contributed by atoms with van der Waals surface area (Å²) in [6.45, 7) is 3.00. The van der Waals surface area contributed by atoms with Crippen molar-refractivity contribution in [1.29, 1.82) is 0 Å². The molecule has 1 saturated heterocycles. The number of rotatable bonds is 2. The van der Waals surface area contributed by atoms with Gasteiger partial charge in [0.25, 0.3) is 5.56 Å². The lowest BCUT2D eigenvalue weighted by Crippen LogP contribution is -2.34. The number of nitrogens with zero attached hydrogens (tertiary/aromatic N) is 1. The van der Waals surface area contributed by atoms with Crippen LogP contribution >= 0.6 is 23.7 Å². The zero-order valence-corrected chi connectivity index (χ0v) is 11.7. The van der Waals surface area contributed by atoms with Gasteiger partial charge in [0.05, 0.1) is 5.39 Å². The van der Waals surface area contributed by atoms with Crippen molar-refractivity contribution >= 4 is 33.8 Å². The van der Waals surface area contributed by atoms with Crippen molar-refractivity contribution in [3.05, 3.63) is 34.1 Å². The first-order valence-electron chi connectivity index (χ1n) is 6.12. The van der Waals surface area contributed by atoms with Crippen molar-refractivity contribution < 1.29 is 0 Å². The predicted octanol–water partition coefficient (Wildman–Crippen LogP) is 2.48. The van der Waals surface area contributed by atoms with Crippen LogP contribution < -0.4 is 10.9 Å². The lowest BCUT2D eigenvalue weighted by molar-refractivity contribution is 0.334. The first-order chi connectivity index (χ1) is 8.34. The summed E-state index contributed by atoms with van der Waals surface area (Å²) in [6.07, 6.45) is 4.39. The molecule has 3 rings (SSSR count). The number of pyridine rings is 1. The second-order valence-corrected chi connectivity index (χ2v) is 5.63. The highest BCUT2D eigenvalue weighted by Crippen LogP contribution is 2.17. The molecule has 0 saturated carbocycles. The summed E-state index contributed by atoms with van der Waals surface area (Å²) in [7, 11) is 0. The molecule has 0 spiro atoms. The number of fused-ring (bicyclic) bond motifs is 1. The third kappa shape index (κ3) is 2.60. The molecule has 2 aromatic rings. The van der Waals surface area contributed by atoms with Crippen molar-refractivity contribution in [2.75, 3.05) is 13.1 Å². The van der Waals surface area contributed by atoms with Gasteiger partial charge in [0, 0.05) is 17.4 Å². The summed E-state index contributed by atoms with van der Waals surface area (Å²) in [4.78, 5) is 12.2. The Hall–Kier alpha value is -0.840. The molecule has 0 amide bonds. The minimum Gasteiger partial charge on any atom is -0.316 e. The number of piperidine rings is 1. The zero-order chi connectivity index (χ0) is 11.7. The van der Waals surface area contributed by atoms with E-state index in [0.717, 1.165) is 29.7 Å². The average Bonchev–Trinajstić information content (AvgIpc) is 2.83. The van der Waals surface area contributed by atoms with Crippen molar-refractivity contribution in [1.82, 2.24) is 9.88 Å². The average molecular weight is 285 g/mol. The van der Waals surface area contributed by atoms with Crippen molar-refractivity contribution in [3.8, 4) is 0 Å². The largest absolute Gasteiger partial charge is 0.316 e. The quantitative estimate of drug-likeness (QED) is 0.919. The van der Waals surface area contributed by atoms with E-state index in [9.17, 15) is 4.79 Å². The van der Waals surface area contributed by atoms with E-state index in [-0.39, 0.29) is 18.0 Å². The number of hydrogen-bond donors (Lipinski definition) is 1. The number of aromatic nitrogens is 1. The van der Waals surface area contributed by atoms with Crippen molar-refractivity contribution in [2.24, 2.45) is 5.92 Å². The first kappa shape index (κ1) is 13.6. The van der Waals surface area contributed by atoms with Gasteiger partial charge in [0.1, 0.15) is 0 Å². The molecule has 2 aromatic heterocycles. The van der Waals surface area contributed by atoms with E-state index in [1.807, 2.05) is 22.2 Å². The van der Waals surface area contributed by atoms with Gasteiger partial charge in [-0.25, -0.2) is 0 Å². The topological polar surface area (TPSA) is 34.0 Å². The molecule has 0 aliphatic carbocycles. The van der Waals surface area contributed by atoms with Crippen LogP contribution in [0.4, 0.5) is 0 Å². The zero-order valence-electron chi connectivity index (χ0n) is 10.1. The van der Waals surface area contributed by atoms with Gasteiger partial charge in [-0.3, -0.25) is 4.79 Å². The minimum absolute atomic E-state index is 0. The van der Waals surface area contributed by atoms with Crippen molar-refractivity contribution in [2.45, 2.75) is 19.4 Å². The molecular weight excluding hydrogens is 268 g/mol. The fourth-order valence-electron chi connectivity index (χ4n) is 2.51. The molecule has 0 radical (unpaired) electrons. The Morgan fingerprint density at radius 3 is 3.11 bits per heavy atom. The molecule has 1 N–H and O–H groups in total. The molecule has 1 fully saturated rings. The Bertz CT molecular complexity index is 572. The van der Waals surface area contributed by atoms with Gasteiger partial charge >= 0.3 is 0 Å². The molecule has 98 valence electrons. The van der Waals surface area contributed by atoms with E-state index >= 15 is 0 Å². The van der Waals surface area contributed by atoms with E-state index < -0.39 is 0 Å². The van der Waals surface area contributed by atoms with E-state index in [0.29, 0.717) is 5.92 Å². The summed E-state index contributed by atoms with van der Waals surface area (Å²) < 4.78 is 2.96. The van der Waals surface area contributed by atoms with Crippen LogP contribution in [0.1, 0.15) is 12.8 Å². The Kier molecular flexibility index (Phi) is 4.43. The van der Waals surface area contributed by atoms with E-state index in [1.54, 1.807) is 11.3 Å². The Morgan fingerprint density at radius 1 is 1.44 bits per heavy atom. The van der Waals surface area contributed by atoms with Gasteiger partial charge in [-0.1, -0.05) is 0 Å². The molecular formula is C13H17ClN2OS. The van der Waals surface area contributed by atoms with Crippen LogP contribution in [0.15, 0.2) is 28.5 Å². The summed E-state index contributed by atoms with van der Waals surface area (Å²) in [5.41, 5.74) is 0.161. The minimum atomic E-state index is 0. The molecule has 1 unspecified atom stereocenters. The second kappa shape index (κ2) is 5.87. The third-order valence-electron chi connectivity index (χ3n) is 3.45. The molecule has 0 bridgehead atoms. The van der Waals surface area contributed by atoms with Crippen molar-refractivity contribution in [3.63, 3.8) is 0 Å². The molecule has 0 aromatic carbocycles. The standard InChI is InChI=1S/C13H16N2OS.ClH/c16-13-11-4-7-17-12(11)3-6-15(13)9-10-2-1-5-14-8-10;/h3-4,6-7,10,14H,1-2,5,8-9H2;1H. The first-order valence-corrected chi connectivity index (χ1v) is 7.00. The maximum atomic E-state index is 12.2. The normalized spacial score (nSPS) is 19.7. The Balaban J connectivity index is 0.00000120. The second-order valence-electron chi connectivity index (χ2n) is 4.68. The summed E-state index contributed by atoms with van der Waals surface area (Å²) >= 11 is 1.63. The molecule has 1 aliphatic heterocycles. The van der Waals surface area contributed by atoms with Crippen LogP contribution in [0.2, 0.25) is 0 Å². The third-order valence-corrected chi connectivity index (χ3v) is 4.33. The molecule has 5 heteroatoms. The molecule has 18 heavy (non-hydrogen) atoms. The molecule has 1 aliphatic rings. The Morgan fingerprint density at radius 2 is 2.33 bits per heavy atom. The van der Waals surface area contributed by atoms with Gasteiger partial charge in [0.15, 0.2) is 0 Å². The smallest absolute Gasteiger partial charge is 0.259 e. The molecule has 3 nitrogen and oxygen atoms in total. The molecule has 3 heterocycles. The van der Waals surface area contributed by atoms with Gasteiger partial charge in [0.2, 0.25) is 0 Å². The monoisotopic (exact) mass is 284 g/mol. The lowest BCUT2D eigenvalue weighted by Gasteiger charge is -2.23. The number of thiophene rings is 1. The molecule has 1 atom stereocenters. The van der Waals surface area contributed by atoms with Crippen LogP contribution in [-0.4, -0.2) is 17.7 Å². The van der Waals surface area contributed by atoms with Crippen LogP contribution in [0, 0.1) is 5.92 Å². The number of nitrogens with one attached hydrogen (secondary N) is 1. The highest BCUT2D eigenvalue weighted by Gasteiger charge is 2.14. The number of halogens is 1. The highest BCUT2D eigenvalue weighted by molar-refractivity contribution is 7.17. The van der Waals surface area contributed by atoms with Gasteiger partial charge in [-0.05, 0) is 49.4 Å². The van der Waals surface area contributed by atoms with E-state index in [2.05, 4.69) is 11.4 Å². The van der Waals surface area contributed by atoms with E-state index in [4.69, 9.17) is 0 Å². The van der Waals surface area contributed by atoms with Gasteiger partial charge < -0.3 is 9.88 Å². The van der Waals surface area contributed by atoms with Gasteiger partial charge in [-0.15, -0.1) is 23.7 Å². The highest BCUT2D eigenvalue weighted by atomic mass is 35.5.